The van der Waals surface area contributed by atoms with E-state index in [2.05, 4.69) is 12.1 Å². The minimum Gasteiger partial charge on any atom is -0.493 e. The van der Waals surface area contributed by atoms with Crippen molar-refractivity contribution < 1.29 is 19.4 Å². The summed E-state index contributed by atoms with van der Waals surface area (Å²) in [6.07, 6.45) is 1.84. The van der Waals surface area contributed by atoms with E-state index < -0.39 is 6.10 Å². The first-order valence-corrected chi connectivity index (χ1v) is 7.42. The van der Waals surface area contributed by atoms with Gasteiger partial charge in [-0.05, 0) is 23.6 Å². The van der Waals surface area contributed by atoms with Crippen molar-refractivity contribution in [1.82, 2.24) is 4.90 Å². The smallest absolute Gasteiger partial charge is 0.323 e. The second-order valence-electron chi connectivity index (χ2n) is 5.71. The average molecular weight is 291 g/mol. The van der Waals surface area contributed by atoms with Gasteiger partial charge in [0.2, 0.25) is 0 Å². The quantitative estimate of drug-likeness (QED) is 0.831. The van der Waals surface area contributed by atoms with Crippen molar-refractivity contribution in [3.63, 3.8) is 0 Å². The van der Waals surface area contributed by atoms with Gasteiger partial charge in [-0.15, -0.1) is 0 Å². The van der Waals surface area contributed by atoms with Gasteiger partial charge in [0.1, 0.15) is 11.8 Å². The number of methoxy groups -OCH3 is 1. The van der Waals surface area contributed by atoms with Gasteiger partial charge in [0.15, 0.2) is 0 Å². The molecule has 0 radical (unpaired) electrons. The van der Waals surface area contributed by atoms with Gasteiger partial charge in [0, 0.05) is 25.9 Å². The van der Waals surface area contributed by atoms with Gasteiger partial charge in [0.05, 0.1) is 19.8 Å². The number of carbonyl (C=O) groups is 1. The molecular weight excluding hydrogens is 270 g/mol. The summed E-state index contributed by atoms with van der Waals surface area (Å²) in [4.78, 5) is 13.8. The molecule has 1 N–H and O–H groups in total. The highest BCUT2D eigenvalue weighted by molar-refractivity contribution is 5.76. The normalized spacial score (nSPS) is 24.7. The summed E-state index contributed by atoms with van der Waals surface area (Å²) in [7, 11) is 1.39. The highest BCUT2D eigenvalue weighted by Gasteiger charge is 2.36. The van der Waals surface area contributed by atoms with Gasteiger partial charge in [-0.3, -0.25) is 9.69 Å². The Bertz CT molecular complexity index is 531. The van der Waals surface area contributed by atoms with E-state index in [9.17, 15) is 9.90 Å². The molecule has 0 spiro atoms. The standard InChI is InChI=1S/C16H21NO4/c1-20-16(19)14-9-13(18)10-17(14)6-4-11-2-3-15-12(8-11)5-7-21-15/h2-3,8,13-14,18H,4-7,9-10H2,1H3. The topological polar surface area (TPSA) is 59.0 Å². The van der Waals surface area contributed by atoms with Crippen LogP contribution in [0.15, 0.2) is 18.2 Å². The molecule has 2 unspecified atom stereocenters. The molecular formula is C16H21NO4. The molecule has 0 saturated carbocycles. The molecule has 2 atom stereocenters. The number of aliphatic hydroxyl groups is 1. The number of likely N-dealkylation sites (tertiary alicyclic amines) is 1. The number of β-amino-alcohol motifs (C(OH)–C–C–N with tert-alkyl or cyclic N) is 1. The molecule has 0 amide bonds. The van der Waals surface area contributed by atoms with Crippen molar-refractivity contribution in [3.8, 4) is 5.75 Å². The summed E-state index contributed by atoms with van der Waals surface area (Å²) in [5.74, 6) is 0.733. The van der Waals surface area contributed by atoms with Gasteiger partial charge >= 0.3 is 5.97 Å². The first kappa shape index (κ1) is 14.4. The summed E-state index contributed by atoms with van der Waals surface area (Å²) in [5, 5.41) is 9.77. The monoisotopic (exact) mass is 291 g/mol. The average Bonchev–Trinajstić information content (AvgIpc) is 3.09. The molecule has 2 aliphatic heterocycles. The van der Waals surface area contributed by atoms with E-state index in [1.54, 1.807) is 0 Å². The molecule has 21 heavy (non-hydrogen) atoms. The lowest BCUT2D eigenvalue weighted by molar-refractivity contribution is -0.145. The lowest BCUT2D eigenvalue weighted by atomic mass is 10.1. The highest BCUT2D eigenvalue weighted by atomic mass is 16.5. The van der Waals surface area contributed by atoms with E-state index >= 15 is 0 Å². The number of nitrogens with zero attached hydrogens (tertiary/aromatic N) is 1. The van der Waals surface area contributed by atoms with E-state index in [1.165, 1.54) is 18.2 Å². The minimum atomic E-state index is -0.442. The zero-order valence-corrected chi connectivity index (χ0v) is 12.2. The molecule has 5 heteroatoms. The van der Waals surface area contributed by atoms with E-state index in [1.807, 2.05) is 11.0 Å². The number of carbonyl (C=O) groups excluding carboxylic acids is 1. The van der Waals surface area contributed by atoms with Crippen molar-refractivity contribution in [1.29, 1.82) is 0 Å². The van der Waals surface area contributed by atoms with E-state index in [4.69, 9.17) is 9.47 Å². The zero-order valence-electron chi connectivity index (χ0n) is 12.2. The van der Waals surface area contributed by atoms with Crippen LogP contribution in [-0.4, -0.2) is 54.9 Å². The van der Waals surface area contributed by atoms with Gasteiger partial charge in [-0.1, -0.05) is 12.1 Å². The Hall–Kier alpha value is -1.59. The Morgan fingerprint density at radius 3 is 3.19 bits per heavy atom. The zero-order chi connectivity index (χ0) is 14.8. The third-order valence-corrected chi connectivity index (χ3v) is 4.30. The van der Waals surface area contributed by atoms with Crippen molar-refractivity contribution in [3.05, 3.63) is 29.3 Å². The summed E-state index contributed by atoms with van der Waals surface area (Å²) in [5.41, 5.74) is 2.50. The van der Waals surface area contributed by atoms with E-state index in [0.717, 1.165) is 31.7 Å². The van der Waals surface area contributed by atoms with E-state index in [0.29, 0.717) is 13.0 Å². The fourth-order valence-corrected chi connectivity index (χ4v) is 3.18. The Labute approximate surface area is 124 Å². The lowest BCUT2D eigenvalue weighted by Crippen LogP contribution is -2.38. The van der Waals surface area contributed by atoms with Crippen LogP contribution in [0, 0.1) is 0 Å². The summed E-state index contributed by atoms with van der Waals surface area (Å²) in [6, 6.07) is 5.96. The third-order valence-electron chi connectivity index (χ3n) is 4.30. The number of hydrogen-bond donors (Lipinski definition) is 1. The van der Waals surface area contributed by atoms with Crippen molar-refractivity contribution in [2.24, 2.45) is 0 Å². The van der Waals surface area contributed by atoms with Crippen molar-refractivity contribution in [2.75, 3.05) is 26.8 Å². The number of hydrogen-bond acceptors (Lipinski definition) is 5. The van der Waals surface area contributed by atoms with E-state index in [-0.39, 0.29) is 12.0 Å². The molecule has 2 heterocycles. The second-order valence-corrected chi connectivity index (χ2v) is 5.71. The molecule has 0 aliphatic carbocycles. The fraction of sp³-hybridized carbons (Fsp3) is 0.562. The minimum absolute atomic E-state index is 0.256. The Balaban J connectivity index is 1.62. The lowest BCUT2D eigenvalue weighted by Gasteiger charge is -2.21. The van der Waals surface area contributed by atoms with Crippen molar-refractivity contribution in [2.45, 2.75) is 31.4 Å². The molecule has 1 fully saturated rings. The molecule has 3 rings (SSSR count). The number of esters is 1. The maximum atomic E-state index is 11.7. The third kappa shape index (κ3) is 3.04. The van der Waals surface area contributed by atoms with Gasteiger partial charge in [0.25, 0.3) is 0 Å². The highest BCUT2D eigenvalue weighted by Crippen LogP contribution is 2.26. The van der Waals surface area contributed by atoms with Crippen LogP contribution in [0.3, 0.4) is 0 Å². The van der Waals surface area contributed by atoms with Gasteiger partial charge in [-0.2, -0.15) is 0 Å². The Kier molecular flexibility index (Phi) is 4.12. The molecule has 114 valence electrons. The van der Waals surface area contributed by atoms with Gasteiger partial charge < -0.3 is 14.6 Å². The van der Waals surface area contributed by atoms with Crippen LogP contribution in [0.2, 0.25) is 0 Å². The number of rotatable bonds is 4. The molecule has 1 aromatic rings. The molecule has 1 aromatic carbocycles. The molecule has 1 saturated heterocycles. The SMILES string of the molecule is COC(=O)C1CC(O)CN1CCc1ccc2c(c1)CCO2. The van der Waals surface area contributed by atoms with Crippen LogP contribution < -0.4 is 4.74 Å². The maximum absolute atomic E-state index is 11.7. The van der Waals surface area contributed by atoms with Crippen LogP contribution in [0.1, 0.15) is 17.5 Å². The molecule has 5 nitrogen and oxygen atoms in total. The Morgan fingerprint density at radius 1 is 1.52 bits per heavy atom. The summed E-state index contributed by atoms with van der Waals surface area (Å²) >= 11 is 0. The molecule has 0 aromatic heterocycles. The van der Waals surface area contributed by atoms with Crippen LogP contribution >= 0.6 is 0 Å². The van der Waals surface area contributed by atoms with Crippen LogP contribution in [0.4, 0.5) is 0 Å². The van der Waals surface area contributed by atoms with Gasteiger partial charge in [-0.25, -0.2) is 0 Å². The largest absolute Gasteiger partial charge is 0.493 e. The number of fused-ring (bicyclic) bond motifs is 1. The Morgan fingerprint density at radius 2 is 2.38 bits per heavy atom. The van der Waals surface area contributed by atoms with Crippen LogP contribution in [-0.2, 0) is 22.4 Å². The van der Waals surface area contributed by atoms with Crippen LogP contribution in [0.5, 0.6) is 5.75 Å². The summed E-state index contributed by atoms with van der Waals surface area (Å²) in [6.45, 7) is 2.05. The number of ether oxygens (including phenoxy) is 2. The first-order chi connectivity index (χ1) is 10.2. The molecule has 2 aliphatic rings. The predicted molar refractivity (Wildman–Crippen MR) is 77.3 cm³/mol. The van der Waals surface area contributed by atoms with Crippen LogP contribution in [0.25, 0.3) is 0 Å². The number of benzene rings is 1. The predicted octanol–water partition coefficient (Wildman–Crippen LogP) is 0.772. The second kappa shape index (κ2) is 6.03. The van der Waals surface area contributed by atoms with Crippen molar-refractivity contribution >= 4 is 5.97 Å². The molecule has 0 bridgehead atoms. The number of aliphatic hydroxyl groups excluding tert-OH is 1. The summed E-state index contributed by atoms with van der Waals surface area (Å²) < 4.78 is 10.3. The first-order valence-electron chi connectivity index (χ1n) is 7.42. The maximum Gasteiger partial charge on any atom is 0.323 e. The fourth-order valence-electron chi connectivity index (χ4n) is 3.18.